The number of Topliss-reactive ketones (excluding diaryl/α,β-unsaturated/α-hetero) is 1. The minimum Gasteiger partial charge on any atom is -0.453 e. The third-order valence-electron chi connectivity index (χ3n) is 3.10. The van der Waals surface area contributed by atoms with E-state index in [1.54, 1.807) is 36.7 Å². The molecule has 2 heterocycles. The summed E-state index contributed by atoms with van der Waals surface area (Å²) in [6.45, 7) is 0. The molecular weight excluding hydrogens is 252 g/mol. The topological polar surface area (TPSA) is 66.9 Å². The summed E-state index contributed by atoms with van der Waals surface area (Å²) in [5, 5.41) is 10.1. The van der Waals surface area contributed by atoms with Crippen molar-refractivity contribution in [2.45, 2.75) is 5.92 Å². The first-order valence-electron chi connectivity index (χ1n) is 6.12. The molecule has 20 heavy (non-hydrogen) atoms. The molecule has 0 saturated carbocycles. The number of para-hydroxylation sites is 1. The van der Waals surface area contributed by atoms with E-state index in [0.29, 0.717) is 11.1 Å². The Bertz CT molecular complexity index is 767. The van der Waals surface area contributed by atoms with Crippen LogP contribution in [0.15, 0.2) is 59.3 Å². The Balaban J connectivity index is 2.01. The molecular formula is C16H10N2O2. The Morgan fingerprint density at radius 3 is 2.65 bits per heavy atom. The van der Waals surface area contributed by atoms with Crippen LogP contribution in [0.2, 0.25) is 0 Å². The van der Waals surface area contributed by atoms with Gasteiger partial charge in [-0.05, 0) is 29.8 Å². The third kappa shape index (κ3) is 2.06. The van der Waals surface area contributed by atoms with E-state index in [-0.39, 0.29) is 11.5 Å². The zero-order valence-electron chi connectivity index (χ0n) is 10.5. The lowest BCUT2D eigenvalue weighted by atomic mass is 9.96. The van der Waals surface area contributed by atoms with Crippen molar-refractivity contribution < 1.29 is 9.21 Å². The van der Waals surface area contributed by atoms with E-state index >= 15 is 0 Å². The van der Waals surface area contributed by atoms with E-state index in [1.165, 1.54) is 0 Å². The van der Waals surface area contributed by atoms with Crippen LogP contribution in [-0.4, -0.2) is 10.8 Å². The Hall–Kier alpha value is -2.93. The molecule has 0 radical (unpaired) electrons. The number of rotatable bonds is 3. The Kier molecular flexibility index (Phi) is 3.02. The monoisotopic (exact) mass is 262 g/mol. The first-order valence-corrected chi connectivity index (χ1v) is 6.12. The zero-order chi connectivity index (χ0) is 13.9. The first-order chi connectivity index (χ1) is 9.79. The van der Waals surface area contributed by atoms with Crippen molar-refractivity contribution >= 4 is 16.8 Å². The van der Waals surface area contributed by atoms with Crippen molar-refractivity contribution in [2.75, 3.05) is 0 Å². The number of hydrogen-bond donors (Lipinski definition) is 0. The lowest BCUT2D eigenvalue weighted by Crippen LogP contribution is -2.10. The fourth-order valence-electron chi connectivity index (χ4n) is 2.09. The van der Waals surface area contributed by atoms with Gasteiger partial charge in [0.25, 0.3) is 0 Å². The number of fused-ring (bicyclic) bond motifs is 1. The highest BCUT2D eigenvalue weighted by molar-refractivity contribution is 6.03. The molecule has 0 aliphatic rings. The van der Waals surface area contributed by atoms with Gasteiger partial charge in [-0.3, -0.25) is 9.78 Å². The van der Waals surface area contributed by atoms with Crippen LogP contribution in [0.3, 0.4) is 0 Å². The molecule has 1 aromatic carbocycles. The van der Waals surface area contributed by atoms with Crippen LogP contribution in [0.5, 0.6) is 0 Å². The molecule has 0 bridgehead atoms. The fourth-order valence-corrected chi connectivity index (χ4v) is 2.09. The average Bonchev–Trinajstić information content (AvgIpc) is 2.93. The largest absolute Gasteiger partial charge is 0.453 e. The maximum Gasteiger partial charge on any atom is 0.219 e. The molecule has 0 amide bonds. The minimum atomic E-state index is -0.876. The van der Waals surface area contributed by atoms with Gasteiger partial charge in [-0.25, -0.2) is 0 Å². The van der Waals surface area contributed by atoms with E-state index in [2.05, 4.69) is 4.98 Å². The maximum atomic E-state index is 12.4. The second kappa shape index (κ2) is 4.98. The van der Waals surface area contributed by atoms with Gasteiger partial charge in [0.15, 0.2) is 5.76 Å². The molecule has 0 fully saturated rings. The Morgan fingerprint density at radius 1 is 1.20 bits per heavy atom. The molecule has 3 rings (SSSR count). The predicted molar refractivity (Wildman–Crippen MR) is 73.1 cm³/mol. The lowest BCUT2D eigenvalue weighted by molar-refractivity contribution is 0.0954. The summed E-state index contributed by atoms with van der Waals surface area (Å²) in [5.41, 5.74) is 1.26. The van der Waals surface area contributed by atoms with Gasteiger partial charge >= 0.3 is 0 Å². The number of furan rings is 1. The van der Waals surface area contributed by atoms with E-state index < -0.39 is 5.92 Å². The number of nitrogens with zero attached hydrogens (tertiary/aromatic N) is 2. The van der Waals surface area contributed by atoms with Gasteiger partial charge in [0.1, 0.15) is 11.5 Å². The van der Waals surface area contributed by atoms with E-state index in [1.807, 2.05) is 24.3 Å². The van der Waals surface area contributed by atoms with Crippen LogP contribution in [0.1, 0.15) is 22.0 Å². The van der Waals surface area contributed by atoms with Crippen molar-refractivity contribution in [2.24, 2.45) is 0 Å². The molecule has 0 aliphatic heterocycles. The number of carbonyl (C=O) groups is 1. The number of pyridine rings is 1. The Labute approximate surface area is 115 Å². The van der Waals surface area contributed by atoms with Crippen molar-refractivity contribution in [3.05, 3.63) is 66.2 Å². The van der Waals surface area contributed by atoms with Crippen molar-refractivity contribution in [3.63, 3.8) is 0 Å². The SMILES string of the molecule is N#CC(C(=O)c1cc2ccccc2o1)c1ccncc1. The smallest absolute Gasteiger partial charge is 0.219 e. The first kappa shape index (κ1) is 12.1. The molecule has 4 nitrogen and oxygen atoms in total. The van der Waals surface area contributed by atoms with Crippen molar-refractivity contribution in [3.8, 4) is 6.07 Å². The molecule has 4 heteroatoms. The van der Waals surface area contributed by atoms with Gasteiger partial charge in [0.2, 0.25) is 5.78 Å². The highest BCUT2D eigenvalue weighted by atomic mass is 16.3. The van der Waals surface area contributed by atoms with Gasteiger partial charge < -0.3 is 4.42 Å². The number of nitriles is 1. The summed E-state index contributed by atoms with van der Waals surface area (Å²) < 4.78 is 5.52. The lowest BCUT2D eigenvalue weighted by Gasteiger charge is -2.05. The summed E-state index contributed by atoms with van der Waals surface area (Å²) in [4.78, 5) is 16.3. The summed E-state index contributed by atoms with van der Waals surface area (Å²) in [6.07, 6.45) is 3.12. The quantitative estimate of drug-likeness (QED) is 0.679. The van der Waals surface area contributed by atoms with Gasteiger partial charge in [0, 0.05) is 17.8 Å². The van der Waals surface area contributed by atoms with Crippen LogP contribution in [0.4, 0.5) is 0 Å². The molecule has 1 atom stereocenters. The summed E-state index contributed by atoms with van der Waals surface area (Å²) >= 11 is 0. The van der Waals surface area contributed by atoms with E-state index in [9.17, 15) is 10.1 Å². The Morgan fingerprint density at radius 2 is 1.95 bits per heavy atom. The van der Waals surface area contributed by atoms with Crippen LogP contribution >= 0.6 is 0 Å². The number of hydrogen-bond acceptors (Lipinski definition) is 4. The normalized spacial score (nSPS) is 11.9. The number of aromatic nitrogens is 1. The van der Waals surface area contributed by atoms with Gasteiger partial charge in [-0.15, -0.1) is 0 Å². The molecule has 2 aromatic heterocycles. The molecule has 96 valence electrons. The predicted octanol–water partition coefficient (Wildman–Crippen LogP) is 3.32. The van der Waals surface area contributed by atoms with Crippen molar-refractivity contribution in [1.82, 2.24) is 4.98 Å². The molecule has 0 saturated heterocycles. The molecule has 0 aliphatic carbocycles. The molecule has 3 aromatic rings. The number of ketones is 1. The zero-order valence-corrected chi connectivity index (χ0v) is 10.5. The summed E-state index contributed by atoms with van der Waals surface area (Å²) in [6, 6.07) is 14.4. The third-order valence-corrected chi connectivity index (χ3v) is 3.10. The van der Waals surface area contributed by atoms with E-state index in [0.717, 1.165) is 5.39 Å². The average molecular weight is 262 g/mol. The molecule has 0 spiro atoms. The van der Waals surface area contributed by atoms with Crippen LogP contribution < -0.4 is 0 Å². The summed E-state index contributed by atoms with van der Waals surface area (Å²) in [7, 11) is 0. The van der Waals surface area contributed by atoms with Crippen LogP contribution in [0.25, 0.3) is 11.0 Å². The number of benzene rings is 1. The molecule has 0 N–H and O–H groups in total. The van der Waals surface area contributed by atoms with Crippen LogP contribution in [0, 0.1) is 11.3 Å². The van der Waals surface area contributed by atoms with Gasteiger partial charge in [-0.2, -0.15) is 5.26 Å². The standard InChI is InChI=1S/C16H10N2O2/c17-10-13(11-5-7-18-8-6-11)16(19)15-9-12-3-1-2-4-14(12)20-15/h1-9,13H. The van der Waals surface area contributed by atoms with Gasteiger partial charge in [0.05, 0.1) is 6.07 Å². The second-order valence-electron chi connectivity index (χ2n) is 4.36. The van der Waals surface area contributed by atoms with Gasteiger partial charge in [-0.1, -0.05) is 18.2 Å². The highest BCUT2D eigenvalue weighted by Crippen LogP contribution is 2.25. The van der Waals surface area contributed by atoms with Crippen molar-refractivity contribution in [1.29, 1.82) is 5.26 Å². The van der Waals surface area contributed by atoms with E-state index in [4.69, 9.17) is 4.42 Å². The maximum absolute atomic E-state index is 12.4. The summed E-state index contributed by atoms with van der Waals surface area (Å²) in [5.74, 6) is -1.01. The highest BCUT2D eigenvalue weighted by Gasteiger charge is 2.24. The number of carbonyl (C=O) groups excluding carboxylic acids is 1. The molecule has 1 unspecified atom stereocenters. The minimum absolute atomic E-state index is 0.203. The fraction of sp³-hybridized carbons (Fsp3) is 0.0625. The van der Waals surface area contributed by atoms with Crippen LogP contribution in [-0.2, 0) is 0 Å². The second-order valence-corrected chi connectivity index (χ2v) is 4.36.